The Hall–Kier alpha value is -0.670. The molecule has 0 bridgehead atoms. The van der Waals surface area contributed by atoms with E-state index in [-0.39, 0.29) is 0 Å². The Morgan fingerprint density at radius 1 is 1.50 bits per heavy atom. The van der Waals surface area contributed by atoms with Crippen molar-refractivity contribution in [2.75, 3.05) is 19.0 Å². The summed E-state index contributed by atoms with van der Waals surface area (Å²) in [6.07, 6.45) is 2.05. The Morgan fingerprint density at radius 2 is 2.25 bits per heavy atom. The fourth-order valence-electron chi connectivity index (χ4n) is 1.05. The molecule has 0 heterocycles. The second-order valence-corrected chi connectivity index (χ2v) is 3.47. The summed E-state index contributed by atoms with van der Waals surface area (Å²) >= 11 is 1.71. The molecule has 0 fully saturated rings. The van der Waals surface area contributed by atoms with Gasteiger partial charge < -0.3 is 11.1 Å². The Balaban J connectivity index is 2.87. The molecular formula is C9H14N2S. The van der Waals surface area contributed by atoms with E-state index in [1.807, 2.05) is 19.4 Å². The number of thioether (sulfide) groups is 1. The van der Waals surface area contributed by atoms with Crippen LogP contribution in [0, 0.1) is 0 Å². The highest BCUT2D eigenvalue weighted by Gasteiger charge is 1.98. The molecule has 0 aliphatic rings. The molecule has 3 heteroatoms. The molecule has 0 aromatic heterocycles. The van der Waals surface area contributed by atoms with E-state index in [2.05, 4.69) is 17.4 Å². The molecule has 1 rings (SSSR count). The molecule has 2 nitrogen and oxygen atoms in total. The molecule has 0 aliphatic carbocycles. The highest BCUT2D eigenvalue weighted by Crippen LogP contribution is 2.20. The van der Waals surface area contributed by atoms with Crippen LogP contribution in [0.2, 0.25) is 0 Å². The van der Waals surface area contributed by atoms with Crippen molar-refractivity contribution in [3.63, 3.8) is 0 Å². The molecule has 0 aliphatic heterocycles. The molecule has 0 saturated heterocycles. The Bertz CT molecular complexity index is 261. The van der Waals surface area contributed by atoms with Crippen molar-refractivity contribution in [2.24, 2.45) is 0 Å². The van der Waals surface area contributed by atoms with E-state index >= 15 is 0 Å². The minimum atomic E-state index is 0.834. The lowest BCUT2D eigenvalue weighted by atomic mass is 10.2. The number of nitrogens with one attached hydrogen (secondary N) is 1. The normalized spacial score (nSPS) is 10.2. The number of anilines is 1. The van der Waals surface area contributed by atoms with Crippen molar-refractivity contribution in [3.05, 3.63) is 23.8 Å². The summed E-state index contributed by atoms with van der Waals surface area (Å²) in [7, 11) is 1.92. The van der Waals surface area contributed by atoms with Crippen LogP contribution >= 0.6 is 11.8 Å². The summed E-state index contributed by atoms with van der Waals surface area (Å²) in [6.45, 7) is 0.834. The number of nitrogens with two attached hydrogens (primary N) is 1. The summed E-state index contributed by atoms with van der Waals surface area (Å²) in [5.74, 6) is 0. The van der Waals surface area contributed by atoms with Crippen LogP contribution < -0.4 is 11.1 Å². The van der Waals surface area contributed by atoms with Gasteiger partial charge in [0.05, 0.1) is 0 Å². The number of benzene rings is 1. The maximum Gasteiger partial charge on any atom is 0.0370 e. The zero-order chi connectivity index (χ0) is 8.97. The number of hydrogen-bond donors (Lipinski definition) is 2. The average molecular weight is 182 g/mol. The lowest BCUT2D eigenvalue weighted by Crippen LogP contribution is -2.07. The molecule has 0 radical (unpaired) electrons. The predicted octanol–water partition coefficient (Wildman–Crippen LogP) is 1.71. The largest absolute Gasteiger partial charge is 0.398 e. The van der Waals surface area contributed by atoms with Crippen molar-refractivity contribution >= 4 is 17.4 Å². The third-order valence-electron chi connectivity index (χ3n) is 1.72. The molecule has 1 aromatic rings. The predicted molar refractivity (Wildman–Crippen MR) is 55.4 cm³/mol. The summed E-state index contributed by atoms with van der Waals surface area (Å²) in [5, 5.41) is 3.08. The molecule has 3 N–H and O–H groups in total. The lowest BCUT2D eigenvalue weighted by molar-refractivity contribution is 0.819. The third kappa shape index (κ3) is 2.16. The molecule has 0 spiro atoms. The van der Waals surface area contributed by atoms with E-state index in [1.54, 1.807) is 11.8 Å². The van der Waals surface area contributed by atoms with Gasteiger partial charge in [0.15, 0.2) is 0 Å². The van der Waals surface area contributed by atoms with Gasteiger partial charge in [-0.05, 0) is 31.0 Å². The van der Waals surface area contributed by atoms with Gasteiger partial charge in [-0.3, -0.25) is 0 Å². The summed E-state index contributed by atoms with van der Waals surface area (Å²) in [4.78, 5) is 1.22. The zero-order valence-electron chi connectivity index (χ0n) is 7.42. The highest BCUT2D eigenvalue weighted by atomic mass is 32.2. The van der Waals surface area contributed by atoms with Gasteiger partial charge in [-0.1, -0.05) is 6.07 Å². The Morgan fingerprint density at radius 3 is 2.75 bits per heavy atom. The second kappa shape index (κ2) is 4.38. The maximum absolute atomic E-state index is 5.83. The van der Waals surface area contributed by atoms with Gasteiger partial charge in [-0.15, -0.1) is 11.8 Å². The van der Waals surface area contributed by atoms with Crippen molar-refractivity contribution < 1.29 is 0 Å². The molecular weight excluding hydrogens is 168 g/mol. The van der Waals surface area contributed by atoms with Gasteiger partial charge in [0.25, 0.3) is 0 Å². The molecule has 0 unspecified atom stereocenters. The van der Waals surface area contributed by atoms with Crippen molar-refractivity contribution in [2.45, 2.75) is 11.4 Å². The maximum atomic E-state index is 5.83. The zero-order valence-corrected chi connectivity index (χ0v) is 8.24. The smallest absolute Gasteiger partial charge is 0.0370 e. The first-order chi connectivity index (χ1) is 5.77. The fraction of sp³-hybridized carbons (Fsp3) is 0.333. The van der Waals surface area contributed by atoms with Crippen molar-refractivity contribution in [1.29, 1.82) is 0 Å². The summed E-state index contributed by atoms with van der Waals surface area (Å²) in [5.41, 5.74) is 7.86. The van der Waals surface area contributed by atoms with Crippen LogP contribution in [0.5, 0.6) is 0 Å². The van der Waals surface area contributed by atoms with Crippen LogP contribution in [0.4, 0.5) is 5.69 Å². The minimum Gasteiger partial charge on any atom is -0.398 e. The van der Waals surface area contributed by atoms with Crippen LogP contribution in [0.1, 0.15) is 5.56 Å². The highest BCUT2D eigenvalue weighted by molar-refractivity contribution is 7.98. The molecule has 66 valence electrons. The van der Waals surface area contributed by atoms with E-state index in [9.17, 15) is 0 Å². The van der Waals surface area contributed by atoms with Gasteiger partial charge in [0, 0.05) is 17.1 Å². The third-order valence-corrected chi connectivity index (χ3v) is 2.45. The first-order valence-corrected chi connectivity index (χ1v) is 5.07. The standard InChI is InChI=1S/C9H14N2S/c1-11-6-7-3-4-8(12-2)5-9(7)10/h3-5,11H,6,10H2,1-2H3. The molecule has 0 amide bonds. The van der Waals surface area contributed by atoms with Gasteiger partial charge in [-0.25, -0.2) is 0 Å². The van der Waals surface area contributed by atoms with Gasteiger partial charge >= 0.3 is 0 Å². The second-order valence-electron chi connectivity index (χ2n) is 2.60. The summed E-state index contributed by atoms with van der Waals surface area (Å²) < 4.78 is 0. The van der Waals surface area contributed by atoms with Gasteiger partial charge in [0.2, 0.25) is 0 Å². The lowest BCUT2D eigenvalue weighted by Gasteiger charge is -2.05. The van der Waals surface area contributed by atoms with Crippen LogP contribution in [-0.2, 0) is 6.54 Å². The van der Waals surface area contributed by atoms with Crippen molar-refractivity contribution in [1.82, 2.24) is 5.32 Å². The molecule has 12 heavy (non-hydrogen) atoms. The van der Waals surface area contributed by atoms with Crippen molar-refractivity contribution in [3.8, 4) is 0 Å². The number of rotatable bonds is 3. The average Bonchev–Trinajstić information content (AvgIpc) is 2.09. The Labute approximate surface area is 77.5 Å². The quantitative estimate of drug-likeness (QED) is 0.552. The molecule has 1 aromatic carbocycles. The Kier molecular flexibility index (Phi) is 3.44. The first-order valence-electron chi connectivity index (χ1n) is 3.85. The molecule has 0 atom stereocenters. The van der Waals surface area contributed by atoms with Crippen LogP contribution in [0.3, 0.4) is 0 Å². The minimum absolute atomic E-state index is 0.834. The fourth-order valence-corrected chi connectivity index (χ4v) is 1.50. The van der Waals surface area contributed by atoms with E-state index < -0.39 is 0 Å². The van der Waals surface area contributed by atoms with Gasteiger partial charge in [0.1, 0.15) is 0 Å². The van der Waals surface area contributed by atoms with E-state index in [0.29, 0.717) is 0 Å². The number of nitrogen functional groups attached to an aromatic ring is 1. The van der Waals surface area contributed by atoms with Crippen LogP contribution in [0.25, 0.3) is 0 Å². The topological polar surface area (TPSA) is 38.0 Å². The van der Waals surface area contributed by atoms with Gasteiger partial charge in [-0.2, -0.15) is 0 Å². The van der Waals surface area contributed by atoms with E-state index in [1.165, 1.54) is 4.90 Å². The van der Waals surface area contributed by atoms with Crippen LogP contribution in [0.15, 0.2) is 23.1 Å². The first kappa shape index (κ1) is 9.42. The number of hydrogen-bond acceptors (Lipinski definition) is 3. The monoisotopic (exact) mass is 182 g/mol. The van der Waals surface area contributed by atoms with E-state index in [4.69, 9.17) is 5.73 Å². The summed E-state index contributed by atoms with van der Waals surface area (Å²) in [6, 6.07) is 6.17. The SMILES string of the molecule is CNCc1ccc(SC)cc1N. The van der Waals surface area contributed by atoms with Crippen LogP contribution in [-0.4, -0.2) is 13.3 Å². The van der Waals surface area contributed by atoms with E-state index in [0.717, 1.165) is 17.8 Å². The molecule has 0 saturated carbocycles.